The van der Waals surface area contributed by atoms with Gasteiger partial charge in [-0.05, 0) is 37.8 Å². The summed E-state index contributed by atoms with van der Waals surface area (Å²) in [5.41, 5.74) is 4.09. The van der Waals surface area contributed by atoms with Crippen molar-refractivity contribution in [2.45, 2.75) is 32.6 Å². The van der Waals surface area contributed by atoms with Gasteiger partial charge in [0, 0.05) is 43.2 Å². The third-order valence-electron chi connectivity index (χ3n) is 4.84. The van der Waals surface area contributed by atoms with Gasteiger partial charge in [-0.1, -0.05) is 6.07 Å². The summed E-state index contributed by atoms with van der Waals surface area (Å²) >= 11 is 0. The first kappa shape index (κ1) is 16.6. The quantitative estimate of drug-likeness (QED) is 0.710. The highest BCUT2D eigenvalue weighted by Gasteiger charge is 2.25. The smallest absolute Gasteiger partial charge is 0.228 e. The highest BCUT2D eigenvalue weighted by atomic mass is 16.5. The van der Waals surface area contributed by atoms with Crippen LogP contribution in [0.1, 0.15) is 29.7 Å². The van der Waals surface area contributed by atoms with Crippen LogP contribution in [0.5, 0.6) is 5.75 Å². The number of amides is 1. The van der Waals surface area contributed by atoms with Gasteiger partial charge in [-0.3, -0.25) is 9.69 Å². The number of pyridine rings is 2. The van der Waals surface area contributed by atoms with Gasteiger partial charge in [0.2, 0.25) is 5.91 Å². The molecule has 4 rings (SSSR count). The zero-order valence-corrected chi connectivity index (χ0v) is 15.1. The molecule has 134 valence electrons. The van der Waals surface area contributed by atoms with Crippen molar-refractivity contribution >= 4 is 17.4 Å². The van der Waals surface area contributed by atoms with Crippen LogP contribution in [0.15, 0.2) is 36.8 Å². The molecular weight excluding hydrogens is 328 g/mol. The van der Waals surface area contributed by atoms with Gasteiger partial charge < -0.3 is 9.14 Å². The lowest BCUT2D eigenvalue weighted by molar-refractivity contribution is -0.118. The maximum absolute atomic E-state index is 12.6. The van der Waals surface area contributed by atoms with Gasteiger partial charge in [0.15, 0.2) is 0 Å². The van der Waals surface area contributed by atoms with E-state index in [0.29, 0.717) is 6.42 Å². The first-order valence-electron chi connectivity index (χ1n) is 8.92. The van der Waals surface area contributed by atoms with Crippen molar-refractivity contribution in [1.82, 2.24) is 14.4 Å². The number of anilines is 1. The molecule has 4 heterocycles. The highest BCUT2D eigenvalue weighted by molar-refractivity contribution is 5.94. The topological polar surface area (TPSA) is 59.7 Å². The molecule has 0 aromatic carbocycles. The van der Waals surface area contributed by atoms with Crippen molar-refractivity contribution in [2.75, 3.05) is 18.6 Å². The summed E-state index contributed by atoms with van der Waals surface area (Å²) in [7, 11) is 1.67. The Morgan fingerprint density at radius 2 is 2.23 bits per heavy atom. The Morgan fingerprint density at radius 3 is 3.08 bits per heavy atom. The number of nitrogens with zero attached hydrogens (tertiary/aromatic N) is 4. The van der Waals surface area contributed by atoms with E-state index in [-0.39, 0.29) is 5.91 Å². The molecule has 0 atom stereocenters. The Morgan fingerprint density at radius 1 is 1.35 bits per heavy atom. The lowest BCUT2D eigenvalue weighted by Crippen LogP contribution is -2.29. The Labute approximate surface area is 152 Å². The molecule has 0 fully saturated rings. The first-order valence-corrected chi connectivity index (χ1v) is 8.92. The zero-order chi connectivity index (χ0) is 18.1. The second-order valence-corrected chi connectivity index (χ2v) is 6.65. The summed E-state index contributed by atoms with van der Waals surface area (Å²) in [6.07, 6.45) is 8.73. The maximum atomic E-state index is 12.6. The number of fused-ring (bicyclic) bond motifs is 2. The van der Waals surface area contributed by atoms with Crippen molar-refractivity contribution in [3.05, 3.63) is 53.6 Å². The van der Waals surface area contributed by atoms with E-state index in [1.165, 1.54) is 0 Å². The van der Waals surface area contributed by atoms with E-state index in [1.54, 1.807) is 13.3 Å². The number of imidazole rings is 1. The molecule has 26 heavy (non-hydrogen) atoms. The van der Waals surface area contributed by atoms with E-state index in [2.05, 4.69) is 9.97 Å². The lowest BCUT2D eigenvalue weighted by Gasteiger charge is -2.16. The highest BCUT2D eigenvalue weighted by Crippen LogP contribution is 2.26. The molecule has 1 aliphatic rings. The molecule has 6 heteroatoms. The number of ether oxygens (including phenoxy) is 1. The third-order valence-corrected chi connectivity index (χ3v) is 4.84. The zero-order valence-electron chi connectivity index (χ0n) is 15.1. The van der Waals surface area contributed by atoms with Crippen LogP contribution in [0.4, 0.5) is 5.82 Å². The van der Waals surface area contributed by atoms with Crippen molar-refractivity contribution < 1.29 is 9.53 Å². The molecule has 0 radical (unpaired) electrons. The predicted octanol–water partition coefficient (Wildman–Crippen LogP) is 2.96. The molecule has 0 spiro atoms. The minimum absolute atomic E-state index is 0.140. The van der Waals surface area contributed by atoms with Gasteiger partial charge in [0.05, 0.1) is 12.8 Å². The average molecular weight is 350 g/mol. The van der Waals surface area contributed by atoms with Crippen LogP contribution < -0.4 is 9.64 Å². The fourth-order valence-corrected chi connectivity index (χ4v) is 3.58. The number of methoxy groups -OCH3 is 1. The summed E-state index contributed by atoms with van der Waals surface area (Å²) in [6, 6.07) is 5.92. The van der Waals surface area contributed by atoms with Gasteiger partial charge in [-0.15, -0.1) is 0 Å². The monoisotopic (exact) mass is 350 g/mol. The fourth-order valence-electron chi connectivity index (χ4n) is 3.58. The van der Waals surface area contributed by atoms with Crippen molar-refractivity contribution in [1.29, 1.82) is 0 Å². The summed E-state index contributed by atoms with van der Waals surface area (Å²) < 4.78 is 7.52. The molecule has 1 aliphatic heterocycles. The van der Waals surface area contributed by atoms with E-state index < -0.39 is 0 Å². The van der Waals surface area contributed by atoms with Crippen molar-refractivity contribution in [3.8, 4) is 5.75 Å². The minimum atomic E-state index is 0.140. The van der Waals surface area contributed by atoms with Crippen molar-refractivity contribution in [3.63, 3.8) is 0 Å². The molecule has 0 N–H and O–H groups in total. The molecule has 0 saturated carbocycles. The van der Waals surface area contributed by atoms with Crippen molar-refractivity contribution in [2.24, 2.45) is 0 Å². The van der Waals surface area contributed by atoms with Gasteiger partial charge >= 0.3 is 0 Å². The summed E-state index contributed by atoms with van der Waals surface area (Å²) in [5, 5.41) is 0. The Hall–Kier alpha value is -2.89. The first-order chi connectivity index (χ1) is 12.7. The summed E-state index contributed by atoms with van der Waals surface area (Å²) in [6.45, 7) is 2.70. The van der Waals surface area contributed by atoms with Crippen LogP contribution in [-0.4, -0.2) is 33.9 Å². The molecular formula is C20H22N4O2. The average Bonchev–Trinajstić information content (AvgIpc) is 3.23. The molecule has 0 saturated heterocycles. The number of aryl methyl sites for hydroxylation is 2. The normalized spacial score (nSPS) is 13.2. The third kappa shape index (κ3) is 3.03. The summed E-state index contributed by atoms with van der Waals surface area (Å²) in [5.74, 6) is 1.79. The van der Waals surface area contributed by atoms with E-state index in [0.717, 1.165) is 59.8 Å². The van der Waals surface area contributed by atoms with E-state index in [9.17, 15) is 4.79 Å². The number of hydrogen-bond acceptors (Lipinski definition) is 4. The Bertz CT molecular complexity index is 964. The SMILES string of the molecule is COc1cc2nc(C)cn2cc1CCCC(=O)N1CCc2cccnc21. The van der Waals surface area contributed by atoms with Gasteiger partial charge in [0.25, 0.3) is 0 Å². The molecule has 1 amide bonds. The largest absolute Gasteiger partial charge is 0.496 e. The maximum Gasteiger partial charge on any atom is 0.228 e. The predicted molar refractivity (Wildman–Crippen MR) is 99.7 cm³/mol. The number of aromatic nitrogens is 3. The van der Waals surface area contributed by atoms with Crippen LogP contribution >= 0.6 is 0 Å². The summed E-state index contributed by atoms with van der Waals surface area (Å²) in [4.78, 5) is 23.2. The molecule has 0 bridgehead atoms. The second-order valence-electron chi connectivity index (χ2n) is 6.65. The van der Waals surface area contributed by atoms with Crippen LogP contribution in [0, 0.1) is 6.92 Å². The van der Waals surface area contributed by atoms with Gasteiger partial charge in [-0.2, -0.15) is 0 Å². The molecule has 0 unspecified atom stereocenters. The van der Waals surface area contributed by atoms with Gasteiger partial charge in [0.1, 0.15) is 17.2 Å². The lowest BCUT2D eigenvalue weighted by atomic mass is 10.1. The van der Waals surface area contributed by atoms with E-state index >= 15 is 0 Å². The Balaban J connectivity index is 1.43. The number of hydrogen-bond donors (Lipinski definition) is 0. The van der Waals surface area contributed by atoms with Crippen LogP contribution in [0.3, 0.4) is 0 Å². The Kier molecular flexibility index (Phi) is 4.32. The van der Waals surface area contributed by atoms with Gasteiger partial charge in [-0.25, -0.2) is 9.97 Å². The van der Waals surface area contributed by atoms with Crippen LogP contribution in [0.25, 0.3) is 5.65 Å². The molecule has 6 nitrogen and oxygen atoms in total. The molecule has 3 aromatic rings. The fraction of sp³-hybridized carbons (Fsp3) is 0.350. The standard InChI is InChI=1S/C20H22N4O2/c1-14-12-23-13-16(17(26-2)11-18(23)22-14)5-3-7-19(25)24-10-8-15-6-4-9-21-20(15)24/h4,6,9,11-13H,3,5,7-8,10H2,1-2H3. The second kappa shape index (κ2) is 6.78. The number of carbonyl (C=O) groups excluding carboxylic acids is 1. The van der Waals surface area contributed by atoms with Crippen LogP contribution in [0.2, 0.25) is 0 Å². The minimum Gasteiger partial charge on any atom is -0.496 e. The van der Waals surface area contributed by atoms with E-state index in [1.807, 2.05) is 46.8 Å². The molecule has 0 aliphatic carbocycles. The number of carbonyl (C=O) groups is 1. The van der Waals surface area contributed by atoms with E-state index in [4.69, 9.17) is 4.74 Å². The molecule has 3 aromatic heterocycles. The number of rotatable bonds is 5. The van der Waals surface area contributed by atoms with Crippen LogP contribution in [-0.2, 0) is 17.6 Å².